The van der Waals surface area contributed by atoms with E-state index in [0.29, 0.717) is 11.4 Å². The van der Waals surface area contributed by atoms with Crippen LogP contribution in [0.4, 0.5) is 17.2 Å². The van der Waals surface area contributed by atoms with Gasteiger partial charge in [0.25, 0.3) is 0 Å². The largest absolute Gasteiger partial charge is 0.497 e. The second-order valence-corrected chi connectivity index (χ2v) is 8.64. The van der Waals surface area contributed by atoms with E-state index in [2.05, 4.69) is 28.5 Å². The van der Waals surface area contributed by atoms with Gasteiger partial charge in [-0.3, -0.25) is 0 Å². The van der Waals surface area contributed by atoms with Crippen LogP contribution in [0.15, 0.2) is 89.0 Å². The number of sulfonamides is 1. The van der Waals surface area contributed by atoms with Gasteiger partial charge in [-0.25, -0.2) is 8.42 Å². The molecule has 2 aromatic carbocycles. The number of anilines is 1. The molecular weight excluding hydrogens is 444 g/mol. The molecule has 0 saturated heterocycles. The van der Waals surface area contributed by atoms with E-state index >= 15 is 0 Å². The van der Waals surface area contributed by atoms with Crippen molar-refractivity contribution >= 4 is 27.2 Å². The van der Waals surface area contributed by atoms with Crippen molar-refractivity contribution in [3.8, 4) is 17.3 Å². The maximum Gasteiger partial charge on any atom is 0.245 e. The van der Waals surface area contributed by atoms with Gasteiger partial charge in [-0.05, 0) is 24.3 Å². The van der Waals surface area contributed by atoms with Crippen molar-refractivity contribution in [1.82, 2.24) is 14.1 Å². The quantitative estimate of drug-likeness (QED) is 0.342. The summed E-state index contributed by atoms with van der Waals surface area (Å²) < 4.78 is 34.1. The van der Waals surface area contributed by atoms with Crippen molar-refractivity contribution in [2.75, 3.05) is 25.9 Å². The van der Waals surface area contributed by atoms with Gasteiger partial charge in [-0.2, -0.15) is 8.99 Å². The smallest absolute Gasteiger partial charge is 0.245 e. The highest BCUT2D eigenvalue weighted by Gasteiger charge is 2.26. The number of azo groups is 1. The predicted molar refractivity (Wildman–Crippen MR) is 126 cm³/mol. The molecule has 0 aliphatic carbocycles. The molecular formula is C22H24N6O4S. The van der Waals surface area contributed by atoms with E-state index in [-0.39, 0.29) is 41.1 Å². The maximum absolute atomic E-state index is 13.3. The Balaban J connectivity index is 2.08. The Kier molecular flexibility index (Phi) is 7.26. The Bertz CT molecular complexity index is 1280. The summed E-state index contributed by atoms with van der Waals surface area (Å²) in [6.45, 7) is 7.37. The molecule has 172 valence electrons. The van der Waals surface area contributed by atoms with Gasteiger partial charge >= 0.3 is 0 Å². The van der Waals surface area contributed by atoms with Crippen LogP contribution < -0.4 is 10.5 Å². The average Bonchev–Trinajstić information content (AvgIpc) is 3.11. The minimum atomic E-state index is -3.98. The van der Waals surface area contributed by atoms with E-state index in [0.717, 1.165) is 0 Å². The van der Waals surface area contributed by atoms with Crippen molar-refractivity contribution in [3.63, 3.8) is 0 Å². The number of hydrogen-bond acceptors (Lipinski definition) is 8. The van der Waals surface area contributed by atoms with Crippen LogP contribution >= 0.6 is 0 Å². The standard InChI is InChI=1S/C22H24N6O4S/c1-4-13-27(14-5-2)33(30,31)19-12-11-17(32-3)15-18(19)24-25-20-21(23)26-28(22(20)29)16-9-7-6-8-10-16/h4-12,15,29H,1-2,13-14H2,3H3,(H2,23,26)/b25-24+. The molecule has 0 bridgehead atoms. The maximum atomic E-state index is 13.3. The summed E-state index contributed by atoms with van der Waals surface area (Å²) in [5.41, 5.74) is 6.40. The fourth-order valence-corrected chi connectivity index (χ4v) is 4.47. The van der Waals surface area contributed by atoms with Crippen molar-refractivity contribution < 1.29 is 18.3 Å². The summed E-state index contributed by atoms with van der Waals surface area (Å²) in [5, 5.41) is 22.8. The first-order valence-electron chi connectivity index (χ1n) is 9.78. The number of nitrogen functional groups attached to an aromatic ring is 1. The van der Waals surface area contributed by atoms with Gasteiger partial charge in [0.1, 0.15) is 16.3 Å². The van der Waals surface area contributed by atoms with Crippen LogP contribution in [0.5, 0.6) is 11.6 Å². The summed E-state index contributed by atoms with van der Waals surface area (Å²) in [7, 11) is -2.53. The van der Waals surface area contributed by atoms with Crippen LogP contribution in [0.2, 0.25) is 0 Å². The highest BCUT2D eigenvalue weighted by atomic mass is 32.2. The minimum Gasteiger partial charge on any atom is -0.497 e. The lowest BCUT2D eigenvalue weighted by atomic mass is 10.3. The molecule has 0 radical (unpaired) electrons. The van der Waals surface area contributed by atoms with E-state index in [1.807, 2.05) is 6.07 Å². The number of nitrogens with zero attached hydrogens (tertiary/aromatic N) is 5. The SMILES string of the molecule is C=CCN(CC=C)S(=O)(=O)c1ccc(OC)cc1/N=N/c1c(N)nn(-c2ccccc2)c1O. The van der Waals surface area contributed by atoms with E-state index in [4.69, 9.17) is 10.5 Å². The number of benzene rings is 2. The van der Waals surface area contributed by atoms with E-state index in [1.54, 1.807) is 24.3 Å². The Labute approximate surface area is 192 Å². The zero-order chi connectivity index (χ0) is 24.0. The van der Waals surface area contributed by atoms with Crippen molar-refractivity contribution in [3.05, 3.63) is 73.8 Å². The van der Waals surface area contributed by atoms with Crippen LogP contribution in [0.3, 0.4) is 0 Å². The first kappa shape index (κ1) is 23.7. The number of rotatable bonds is 10. The number of para-hydroxylation sites is 1. The lowest BCUT2D eigenvalue weighted by Crippen LogP contribution is -2.31. The van der Waals surface area contributed by atoms with Crippen LogP contribution in [0, 0.1) is 0 Å². The molecule has 0 atom stereocenters. The summed E-state index contributed by atoms with van der Waals surface area (Å²) in [6, 6.07) is 13.1. The topological polar surface area (TPSA) is 135 Å². The van der Waals surface area contributed by atoms with Gasteiger partial charge in [0, 0.05) is 19.2 Å². The number of methoxy groups -OCH3 is 1. The van der Waals surface area contributed by atoms with Crippen LogP contribution in [-0.4, -0.2) is 47.8 Å². The average molecular weight is 469 g/mol. The van der Waals surface area contributed by atoms with E-state index < -0.39 is 10.0 Å². The zero-order valence-electron chi connectivity index (χ0n) is 18.0. The first-order chi connectivity index (χ1) is 15.8. The summed E-state index contributed by atoms with van der Waals surface area (Å²) in [6.07, 6.45) is 2.95. The fourth-order valence-electron chi connectivity index (χ4n) is 2.98. The number of hydrogen-bond donors (Lipinski definition) is 2. The molecule has 0 fully saturated rings. The third-order valence-electron chi connectivity index (χ3n) is 4.57. The molecule has 3 rings (SSSR count). The summed E-state index contributed by atoms with van der Waals surface area (Å²) in [5.74, 6) is -0.0406. The number of nitrogens with two attached hydrogens (primary N) is 1. The molecule has 0 aliphatic heterocycles. The second kappa shape index (κ2) is 10.1. The lowest BCUT2D eigenvalue weighted by Gasteiger charge is -2.20. The summed E-state index contributed by atoms with van der Waals surface area (Å²) in [4.78, 5) is -0.107. The highest BCUT2D eigenvalue weighted by Crippen LogP contribution is 2.38. The zero-order valence-corrected chi connectivity index (χ0v) is 18.8. The molecule has 10 nitrogen and oxygen atoms in total. The van der Waals surface area contributed by atoms with E-state index in [9.17, 15) is 13.5 Å². The third-order valence-corrected chi connectivity index (χ3v) is 6.45. The van der Waals surface area contributed by atoms with Crippen LogP contribution in [-0.2, 0) is 10.0 Å². The van der Waals surface area contributed by atoms with Gasteiger partial charge in [0.15, 0.2) is 11.5 Å². The first-order valence-corrected chi connectivity index (χ1v) is 11.2. The molecule has 0 amide bonds. The summed E-state index contributed by atoms with van der Waals surface area (Å²) >= 11 is 0. The predicted octanol–water partition coefficient (Wildman–Crippen LogP) is 3.95. The highest BCUT2D eigenvalue weighted by molar-refractivity contribution is 7.89. The molecule has 3 N–H and O–H groups in total. The minimum absolute atomic E-state index is 0.00117. The second-order valence-electron chi connectivity index (χ2n) is 6.74. The fraction of sp³-hybridized carbons (Fsp3) is 0.136. The molecule has 1 heterocycles. The van der Waals surface area contributed by atoms with Crippen LogP contribution in [0.1, 0.15) is 0 Å². The molecule has 11 heteroatoms. The molecule has 0 spiro atoms. The molecule has 0 aliphatic rings. The van der Waals surface area contributed by atoms with Gasteiger partial charge < -0.3 is 15.6 Å². The molecule has 1 aromatic heterocycles. The van der Waals surface area contributed by atoms with Crippen molar-refractivity contribution in [1.29, 1.82) is 0 Å². The number of ether oxygens (including phenoxy) is 1. The van der Waals surface area contributed by atoms with Gasteiger partial charge in [-0.1, -0.05) is 30.4 Å². The Morgan fingerprint density at radius 1 is 1.15 bits per heavy atom. The van der Waals surface area contributed by atoms with E-state index in [1.165, 1.54) is 46.4 Å². The normalized spacial score (nSPS) is 11.7. The monoisotopic (exact) mass is 468 g/mol. The number of aromatic hydroxyl groups is 1. The number of aromatic nitrogens is 2. The third kappa shape index (κ3) is 4.94. The van der Waals surface area contributed by atoms with Gasteiger partial charge in [-0.15, -0.1) is 28.5 Å². The Morgan fingerprint density at radius 3 is 2.42 bits per heavy atom. The van der Waals surface area contributed by atoms with Gasteiger partial charge in [0.2, 0.25) is 15.9 Å². The molecule has 0 saturated carbocycles. The molecule has 3 aromatic rings. The lowest BCUT2D eigenvalue weighted by molar-refractivity contribution is 0.414. The Morgan fingerprint density at radius 2 is 1.82 bits per heavy atom. The van der Waals surface area contributed by atoms with Gasteiger partial charge in [0.05, 0.1) is 12.8 Å². The van der Waals surface area contributed by atoms with Crippen LogP contribution in [0.25, 0.3) is 5.69 Å². The van der Waals surface area contributed by atoms with Crippen molar-refractivity contribution in [2.24, 2.45) is 10.2 Å². The van der Waals surface area contributed by atoms with Crippen molar-refractivity contribution in [2.45, 2.75) is 4.90 Å². The Hall–Kier alpha value is -3.96. The molecule has 0 unspecified atom stereocenters. The molecule has 33 heavy (non-hydrogen) atoms.